The van der Waals surface area contributed by atoms with Crippen LogP contribution in [0, 0.1) is 0 Å². The summed E-state index contributed by atoms with van der Waals surface area (Å²) in [6.45, 7) is 1.54. The first-order valence-electron chi connectivity index (χ1n) is 4.59. The molecule has 0 spiro atoms. The minimum Gasteiger partial charge on any atom is -0.312 e. The predicted molar refractivity (Wildman–Crippen MR) is 68.1 cm³/mol. The number of halogens is 1. The first-order chi connectivity index (χ1) is 6.97. The molecule has 15 heavy (non-hydrogen) atoms. The Labute approximate surface area is 103 Å². The van der Waals surface area contributed by atoms with Gasteiger partial charge in [0.2, 0.25) is 0 Å². The third-order valence-electron chi connectivity index (χ3n) is 1.79. The third kappa shape index (κ3) is 6.29. The Bertz CT molecular complexity index is 400. The molecule has 0 saturated carbocycles. The van der Waals surface area contributed by atoms with Crippen LogP contribution >= 0.6 is 27.3 Å². The largest absolute Gasteiger partial charge is 0.312 e. The molecule has 0 amide bonds. The molecule has 0 aliphatic heterocycles. The maximum absolute atomic E-state index is 10.8. The Hall–Kier alpha value is 0.0900. The van der Waals surface area contributed by atoms with E-state index in [4.69, 9.17) is 0 Å². The minimum atomic E-state index is -2.81. The normalized spacial score (nSPS) is 11.9. The molecule has 1 aromatic heterocycles. The van der Waals surface area contributed by atoms with Crippen LogP contribution in [0.5, 0.6) is 0 Å². The van der Waals surface area contributed by atoms with E-state index in [0.29, 0.717) is 6.42 Å². The molecule has 86 valence electrons. The van der Waals surface area contributed by atoms with Crippen molar-refractivity contribution < 1.29 is 8.42 Å². The van der Waals surface area contributed by atoms with E-state index in [1.54, 1.807) is 11.3 Å². The lowest BCUT2D eigenvalue weighted by molar-refractivity contribution is 0.594. The summed E-state index contributed by atoms with van der Waals surface area (Å²) < 4.78 is 22.8. The molecule has 0 atom stereocenters. The van der Waals surface area contributed by atoms with Gasteiger partial charge in [0, 0.05) is 27.5 Å². The van der Waals surface area contributed by atoms with Gasteiger partial charge in [-0.15, -0.1) is 11.3 Å². The molecule has 0 aliphatic rings. The summed E-state index contributed by atoms with van der Waals surface area (Å²) in [5, 5.41) is 5.25. The molecule has 1 rings (SSSR count). The zero-order valence-electron chi connectivity index (χ0n) is 8.49. The van der Waals surface area contributed by atoms with Gasteiger partial charge < -0.3 is 5.32 Å². The maximum atomic E-state index is 10.8. The van der Waals surface area contributed by atoms with Gasteiger partial charge in [0.15, 0.2) is 0 Å². The number of sulfone groups is 1. The number of thiophene rings is 1. The second-order valence-electron chi connectivity index (χ2n) is 3.39. The highest BCUT2D eigenvalue weighted by molar-refractivity contribution is 9.10. The van der Waals surface area contributed by atoms with Crippen LogP contribution in [0.15, 0.2) is 15.9 Å². The Balaban J connectivity index is 2.12. The molecule has 1 N–H and O–H groups in total. The maximum Gasteiger partial charge on any atom is 0.147 e. The molecule has 0 aromatic carbocycles. The lowest BCUT2D eigenvalue weighted by Crippen LogP contribution is -2.17. The first kappa shape index (κ1) is 13.2. The van der Waals surface area contributed by atoms with Crippen molar-refractivity contribution in [3.63, 3.8) is 0 Å². The molecule has 0 unspecified atom stereocenters. The highest BCUT2D eigenvalue weighted by Crippen LogP contribution is 2.19. The molecule has 0 bridgehead atoms. The minimum absolute atomic E-state index is 0.258. The lowest BCUT2D eigenvalue weighted by atomic mass is 10.4. The molecular formula is C9H14BrNO2S2. The van der Waals surface area contributed by atoms with Gasteiger partial charge in [-0.05, 0) is 35.0 Å². The standard InChI is InChI=1S/C9H14BrNO2S2/c1-15(12,13)4-2-3-11-6-9-5-8(10)7-14-9/h5,7,11H,2-4,6H2,1H3. The van der Waals surface area contributed by atoms with Crippen LogP contribution in [0.3, 0.4) is 0 Å². The first-order valence-corrected chi connectivity index (χ1v) is 8.32. The topological polar surface area (TPSA) is 46.2 Å². The van der Waals surface area contributed by atoms with Crippen LogP contribution in [-0.2, 0) is 16.4 Å². The van der Waals surface area contributed by atoms with Crippen molar-refractivity contribution in [2.45, 2.75) is 13.0 Å². The Kier molecular flexibility index (Phi) is 5.25. The van der Waals surface area contributed by atoms with Gasteiger partial charge in [0.05, 0.1) is 5.75 Å². The van der Waals surface area contributed by atoms with Gasteiger partial charge in [0.1, 0.15) is 9.84 Å². The summed E-state index contributed by atoms with van der Waals surface area (Å²) in [6, 6.07) is 2.06. The van der Waals surface area contributed by atoms with E-state index in [0.717, 1.165) is 17.6 Å². The van der Waals surface area contributed by atoms with Gasteiger partial charge in [0.25, 0.3) is 0 Å². The van der Waals surface area contributed by atoms with Gasteiger partial charge in [-0.2, -0.15) is 0 Å². The van der Waals surface area contributed by atoms with E-state index in [9.17, 15) is 8.42 Å². The summed E-state index contributed by atoms with van der Waals surface area (Å²) in [5.41, 5.74) is 0. The second-order valence-corrected chi connectivity index (χ2v) is 7.56. The smallest absolute Gasteiger partial charge is 0.147 e. The van der Waals surface area contributed by atoms with Gasteiger partial charge in [-0.3, -0.25) is 0 Å². The van der Waals surface area contributed by atoms with Crippen molar-refractivity contribution in [3.05, 3.63) is 20.8 Å². The van der Waals surface area contributed by atoms with E-state index >= 15 is 0 Å². The van der Waals surface area contributed by atoms with E-state index in [1.807, 2.05) is 5.38 Å². The van der Waals surface area contributed by atoms with Crippen molar-refractivity contribution in [2.75, 3.05) is 18.6 Å². The molecule has 0 saturated heterocycles. The number of nitrogens with one attached hydrogen (secondary N) is 1. The van der Waals surface area contributed by atoms with Crippen LogP contribution in [0.1, 0.15) is 11.3 Å². The zero-order valence-corrected chi connectivity index (χ0v) is 11.7. The fourth-order valence-corrected chi connectivity index (χ4v) is 3.21. The van der Waals surface area contributed by atoms with Crippen LogP contribution in [0.4, 0.5) is 0 Å². The quantitative estimate of drug-likeness (QED) is 0.818. The number of rotatable bonds is 6. The molecule has 1 aromatic rings. The summed E-state index contributed by atoms with van der Waals surface area (Å²) in [7, 11) is -2.81. The lowest BCUT2D eigenvalue weighted by Gasteiger charge is -2.01. The van der Waals surface area contributed by atoms with E-state index in [2.05, 4.69) is 27.3 Å². The highest BCUT2D eigenvalue weighted by atomic mass is 79.9. The monoisotopic (exact) mass is 311 g/mol. The van der Waals surface area contributed by atoms with E-state index in [-0.39, 0.29) is 5.75 Å². The van der Waals surface area contributed by atoms with Crippen LogP contribution in [0.2, 0.25) is 0 Å². The zero-order chi connectivity index (χ0) is 11.3. The van der Waals surface area contributed by atoms with Crippen LogP contribution < -0.4 is 5.32 Å². The molecule has 0 aliphatic carbocycles. The third-order valence-corrected chi connectivity index (χ3v) is 4.52. The van der Waals surface area contributed by atoms with Crippen molar-refractivity contribution in [1.82, 2.24) is 5.32 Å². The summed E-state index contributed by atoms with van der Waals surface area (Å²) in [4.78, 5) is 1.25. The fraction of sp³-hybridized carbons (Fsp3) is 0.556. The fourth-order valence-electron chi connectivity index (χ4n) is 1.12. The Morgan fingerprint density at radius 3 is 2.80 bits per heavy atom. The highest BCUT2D eigenvalue weighted by Gasteiger charge is 2.01. The SMILES string of the molecule is CS(=O)(=O)CCCNCc1cc(Br)cs1. The summed E-state index contributed by atoms with van der Waals surface area (Å²) >= 11 is 5.07. The Morgan fingerprint density at radius 2 is 2.27 bits per heavy atom. The number of hydrogen-bond donors (Lipinski definition) is 1. The molecule has 3 nitrogen and oxygen atoms in total. The van der Waals surface area contributed by atoms with Crippen molar-refractivity contribution >= 4 is 37.1 Å². The molecule has 0 fully saturated rings. The van der Waals surface area contributed by atoms with Gasteiger partial charge in [-0.1, -0.05) is 0 Å². The average molecular weight is 312 g/mol. The van der Waals surface area contributed by atoms with Gasteiger partial charge >= 0.3 is 0 Å². The molecule has 6 heteroatoms. The average Bonchev–Trinajstić information content (AvgIpc) is 2.49. The van der Waals surface area contributed by atoms with Crippen molar-refractivity contribution in [1.29, 1.82) is 0 Å². The van der Waals surface area contributed by atoms with E-state index < -0.39 is 9.84 Å². The van der Waals surface area contributed by atoms with E-state index in [1.165, 1.54) is 11.1 Å². The summed E-state index contributed by atoms with van der Waals surface area (Å²) in [6.07, 6.45) is 1.94. The molecule has 0 radical (unpaired) electrons. The van der Waals surface area contributed by atoms with Crippen LogP contribution in [0.25, 0.3) is 0 Å². The Morgan fingerprint density at radius 1 is 1.53 bits per heavy atom. The summed E-state index contributed by atoms with van der Waals surface area (Å²) in [5.74, 6) is 0.258. The van der Waals surface area contributed by atoms with Crippen molar-refractivity contribution in [3.8, 4) is 0 Å². The van der Waals surface area contributed by atoms with Crippen molar-refractivity contribution in [2.24, 2.45) is 0 Å². The number of hydrogen-bond acceptors (Lipinski definition) is 4. The molecule has 1 heterocycles. The molecular weight excluding hydrogens is 298 g/mol. The predicted octanol–water partition coefficient (Wildman–Crippen LogP) is 2.03. The van der Waals surface area contributed by atoms with Gasteiger partial charge in [-0.25, -0.2) is 8.42 Å². The van der Waals surface area contributed by atoms with Crippen LogP contribution in [-0.4, -0.2) is 27.0 Å². The second kappa shape index (κ2) is 5.98.